The summed E-state index contributed by atoms with van der Waals surface area (Å²) in [7, 11) is 0. The molecule has 0 heterocycles. The molecule has 8 heavy (non-hydrogen) atoms. The van der Waals surface area contributed by atoms with Crippen LogP contribution >= 0.6 is 0 Å². The zero-order chi connectivity index (χ0) is 6.57. The third kappa shape index (κ3) is 2.26. The van der Waals surface area contributed by atoms with Gasteiger partial charge in [-0.1, -0.05) is 6.92 Å². The van der Waals surface area contributed by atoms with Crippen LogP contribution in [0.2, 0.25) is 0 Å². The van der Waals surface area contributed by atoms with Gasteiger partial charge in [0.25, 0.3) is 0 Å². The highest BCUT2D eigenvalue weighted by molar-refractivity contribution is 4.59. The predicted molar refractivity (Wildman–Crippen MR) is 29.3 cm³/mol. The number of hydrogen-bond acceptors (Lipinski definition) is 3. The van der Waals surface area contributed by atoms with E-state index in [2.05, 4.69) is 0 Å². The molecule has 2 atom stereocenters. The smallest absolute Gasteiger partial charge is 0.0818 e. The predicted octanol–water partition coefficient (Wildman–Crippen LogP) is -1.03. The van der Waals surface area contributed by atoms with E-state index in [-0.39, 0.29) is 19.1 Å². The second-order valence-corrected chi connectivity index (χ2v) is 1.91. The summed E-state index contributed by atoms with van der Waals surface area (Å²) in [6.45, 7) is 1.31. The van der Waals surface area contributed by atoms with Crippen molar-refractivity contribution in [1.82, 2.24) is 0 Å². The lowest BCUT2D eigenvalue weighted by Crippen LogP contribution is -2.24. The fraction of sp³-hybridized carbons (Fsp3) is 1.00. The van der Waals surface area contributed by atoms with Crippen molar-refractivity contribution in [2.24, 2.45) is 5.92 Å². The number of rotatable bonds is 3. The van der Waals surface area contributed by atoms with E-state index < -0.39 is 6.10 Å². The summed E-state index contributed by atoms with van der Waals surface area (Å²) in [4.78, 5) is 0. The van der Waals surface area contributed by atoms with E-state index in [0.29, 0.717) is 0 Å². The van der Waals surface area contributed by atoms with Crippen LogP contribution in [0, 0.1) is 5.92 Å². The van der Waals surface area contributed by atoms with Gasteiger partial charge in [0.2, 0.25) is 0 Å². The Kier molecular flexibility index (Phi) is 3.77. The molecule has 0 bridgehead atoms. The van der Waals surface area contributed by atoms with Crippen LogP contribution in [0.25, 0.3) is 0 Å². The van der Waals surface area contributed by atoms with Crippen molar-refractivity contribution in [1.29, 1.82) is 0 Å². The van der Waals surface area contributed by atoms with Crippen molar-refractivity contribution in [2.45, 2.75) is 13.0 Å². The Bertz CT molecular complexity index is 47.6. The van der Waals surface area contributed by atoms with Gasteiger partial charge in [0.05, 0.1) is 12.7 Å². The molecule has 50 valence electrons. The first-order chi connectivity index (χ1) is 3.72. The highest BCUT2D eigenvalue weighted by atomic mass is 16.3. The van der Waals surface area contributed by atoms with Gasteiger partial charge in [-0.2, -0.15) is 0 Å². The standard InChI is InChI=1S/C5H12O3/c1-4(2-6)5(8)3-7/h4-8H,2-3H2,1H3/t4?,5-/m0/s1. The summed E-state index contributed by atoms with van der Waals surface area (Å²) >= 11 is 0. The zero-order valence-corrected chi connectivity index (χ0v) is 4.91. The van der Waals surface area contributed by atoms with E-state index in [1.54, 1.807) is 6.92 Å². The first-order valence-electron chi connectivity index (χ1n) is 2.62. The molecule has 0 spiro atoms. The highest BCUT2D eigenvalue weighted by Crippen LogP contribution is 1.98. The Morgan fingerprint density at radius 1 is 1.25 bits per heavy atom. The van der Waals surface area contributed by atoms with Gasteiger partial charge < -0.3 is 15.3 Å². The first kappa shape index (κ1) is 7.88. The summed E-state index contributed by atoms with van der Waals surface area (Å²) in [5.41, 5.74) is 0. The highest BCUT2D eigenvalue weighted by Gasteiger charge is 2.10. The molecule has 3 N–H and O–H groups in total. The van der Waals surface area contributed by atoms with E-state index in [0.717, 1.165) is 0 Å². The lowest BCUT2D eigenvalue weighted by atomic mass is 10.1. The van der Waals surface area contributed by atoms with E-state index in [4.69, 9.17) is 15.3 Å². The largest absolute Gasteiger partial charge is 0.396 e. The molecule has 0 amide bonds. The Balaban J connectivity index is 3.29. The Labute approximate surface area is 48.6 Å². The van der Waals surface area contributed by atoms with Gasteiger partial charge in [0, 0.05) is 12.5 Å². The Morgan fingerprint density at radius 3 is 1.88 bits per heavy atom. The molecular formula is C5H12O3. The van der Waals surface area contributed by atoms with Crippen LogP contribution in [0.15, 0.2) is 0 Å². The van der Waals surface area contributed by atoms with Crippen LogP contribution in [0.4, 0.5) is 0 Å². The summed E-state index contributed by atoms with van der Waals surface area (Å²) in [6.07, 6.45) is -0.778. The number of aliphatic hydroxyl groups is 3. The summed E-state index contributed by atoms with van der Waals surface area (Å²) in [6, 6.07) is 0. The van der Waals surface area contributed by atoms with Crippen molar-refractivity contribution in [3.63, 3.8) is 0 Å². The third-order valence-electron chi connectivity index (χ3n) is 1.13. The maximum atomic E-state index is 8.72. The SMILES string of the molecule is CC(CO)[C@@H](O)CO. The molecule has 0 aromatic heterocycles. The van der Waals surface area contributed by atoms with Crippen molar-refractivity contribution < 1.29 is 15.3 Å². The lowest BCUT2D eigenvalue weighted by Gasteiger charge is -2.11. The molecule has 0 aliphatic carbocycles. The van der Waals surface area contributed by atoms with Gasteiger partial charge in [0.1, 0.15) is 0 Å². The molecule has 0 saturated carbocycles. The minimum Gasteiger partial charge on any atom is -0.396 e. The molecule has 1 unspecified atom stereocenters. The fourth-order valence-corrected chi connectivity index (χ4v) is 0.302. The Hall–Kier alpha value is -0.120. The van der Waals surface area contributed by atoms with Crippen molar-refractivity contribution in [2.75, 3.05) is 13.2 Å². The third-order valence-corrected chi connectivity index (χ3v) is 1.13. The lowest BCUT2D eigenvalue weighted by molar-refractivity contribution is 0.0302. The van der Waals surface area contributed by atoms with Gasteiger partial charge >= 0.3 is 0 Å². The maximum Gasteiger partial charge on any atom is 0.0818 e. The minimum absolute atomic E-state index is 0.0816. The molecule has 0 aliphatic rings. The molecular weight excluding hydrogens is 108 g/mol. The number of aliphatic hydroxyl groups excluding tert-OH is 3. The summed E-state index contributed by atoms with van der Waals surface area (Å²) in [5.74, 6) is -0.222. The molecule has 0 radical (unpaired) electrons. The van der Waals surface area contributed by atoms with Crippen LogP contribution < -0.4 is 0 Å². The molecule has 0 saturated heterocycles. The van der Waals surface area contributed by atoms with Crippen molar-refractivity contribution in [3.05, 3.63) is 0 Å². The van der Waals surface area contributed by atoms with Crippen LogP contribution in [0.5, 0.6) is 0 Å². The van der Waals surface area contributed by atoms with Crippen LogP contribution in [0.3, 0.4) is 0 Å². The topological polar surface area (TPSA) is 60.7 Å². The minimum atomic E-state index is -0.778. The average molecular weight is 120 g/mol. The second-order valence-electron chi connectivity index (χ2n) is 1.91. The second kappa shape index (κ2) is 3.83. The summed E-state index contributed by atoms with van der Waals surface area (Å²) < 4.78 is 0. The average Bonchev–Trinajstić information content (AvgIpc) is 1.84. The van der Waals surface area contributed by atoms with E-state index in [9.17, 15) is 0 Å². The maximum absolute atomic E-state index is 8.72. The van der Waals surface area contributed by atoms with Crippen molar-refractivity contribution in [3.8, 4) is 0 Å². The fourth-order valence-electron chi connectivity index (χ4n) is 0.302. The van der Waals surface area contributed by atoms with Gasteiger partial charge in [-0.3, -0.25) is 0 Å². The van der Waals surface area contributed by atoms with Gasteiger partial charge in [-0.25, -0.2) is 0 Å². The van der Waals surface area contributed by atoms with Gasteiger partial charge in [-0.05, 0) is 0 Å². The van der Waals surface area contributed by atoms with Gasteiger partial charge in [0.15, 0.2) is 0 Å². The quantitative estimate of drug-likeness (QED) is 0.446. The monoisotopic (exact) mass is 120 g/mol. The molecule has 3 heteroatoms. The van der Waals surface area contributed by atoms with E-state index in [1.807, 2.05) is 0 Å². The summed E-state index contributed by atoms with van der Waals surface area (Å²) in [5, 5.41) is 25.4. The Morgan fingerprint density at radius 2 is 1.75 bits per heavy atom. The molecule has 0 fully saturated rings. The number of hydrogen-bond donors (Lipinski definition) is 3. The molecule has 0 aromatic rings. The molecule has 0 aromatic carbocycles. The van der Waals surface area contributed by atoms with Crippen LogP contribution in [-0.2, 0) is 0 Å². The van der Waals surface area contributed by atoms with Crippen molar-refractivity contribution >= 4 is 0 Å². The molecule has 0 aliphatic heterocycles. The molecule has 0 rings (SSSR count). The van der Waals surface area contributed by atoms with E-state index >= 15 is 0 Å². The van der Waals surface area contributed by atoms with Crippen LogP contribution in [0.1, 0.15) is 6.92 Å². The van der Waals surface area contributed by atoms with Crippen LogP contribution in [-0.4, -0.2) is 34.6 Å². The first-order valence-corrected chi connectivity index (χ1v) is 2.62. The zero-order valence-electron chi connectivity index (χ0n) is 4.91. The van der Waals surface area contributed by atoms with E-state index in [1.165, 1.54) is 0 Å². The molecule has 3 nitrogen and oxygen atoms in total. The normalized spacial score (nSPS) is 18.0. The van der Waals surface area contributed by atoms with Gasteiger partial charge in [-0.15, -0.1) is 0 Å².